The Morgan fingerprint density at radius 1 is 2.00 bits per heavy atom. The molecular weight excluding hydrogens is 159 g/mol. The van der Waals surface area contributed by atoms with E-state index in [1.54, 1.807) is 6.92 Å². The Labute approximate surface area is 50.7 Å². The third-order valence-corrected chi connectivity index (χ3v) is 1.23. The van der Waals surface area contributed by atoms with Crippen LogP contribution in [0.1, 0.15) is 13.3 Å². The second-order valence-corrected chi connectivity index (χ2v) is 2.09. The molecule has 0 rings (SSSR count). The molecule has 2 nitrogen and oxygen atoms in total. The zero-order chi connectivity index (χ0) is 5.86. The Hall–Kier alpha value is 0.149. The van der Waals surface area contributed by atoms with Gasteiger partial charge in [0.05, 0.1) is 0 Å². The van der Waals surface area contributed by atoms with Gasteiger partial charge in [-0.3, -0.25) is 0 Å². The van der Waals surface area contributed by atoms with Crippen LogP contribution in [0, 0.1) is 0 Å². The fraction of sp³-hybridized carbons (Fsp3) is 0.750. The quantitative estimate of drug-likeness (QED) is 0.559. The predicted octanol–water partition coefficient (Wildman–Crippen LogP) is -0.548. The second kappa shape index (κ2) is 3.19. The van der Waals surface area contributed by atoms with E-state index < -0.39 is 6.10 Å². The molecule has 0 amide bonds. The van der Waals surface area contributed by atoms with E-state index in [2.05, 4.69) is 16.0 Å². The van der Waals surface area contributed by atoms with Crippen molar-refractivity contribution >= 4 is 20.7 Å². The summed E-state index contributed by atoms with van der Waals surface area (Å²) in [5, 5.41) is 8.55. The molecule has 0 aliphatic heterocycles. The number of aliphatic hydroxyl groups excluding tert-OH is 1. The zero-order valence-corrected chi connectivity index (χ0v) is 5.76. The minimum atomic E-state index is -0.792. The monoisotopic (exact) mass is 167 g/mol. The fourth-order valence-electron chi connectivity index (χ4n) is 0.167. The van der Waals surface area contributed by atoms with Crippen molar-refractivity contribution in [2.45, 2.75) is 19.4 Å². The average molecular weight is 166 g/mol. The summed E-state index contributed by atoms with van der Waals surface area (Å²) in [5.74, 6) is 0. The van der Waals surface area contributed by atoms with Crippen LogP contribution in [0.5, 0.6) is 0 Å². The van der Waals surface area contributed by atoms with Crippen molar-refractivity contribution in [2.24, 2.45) is 0 Å². The van der Waals surface area contributed by atoms with Gasteiger partial charge in [0.25, 0.3) is 0 Å². The Morgan fingerprint density at radius 3 is 2.43 bits per heavy atom. The standard InChI is InChI=1S/C4H7O2Se/c1-2-3(5)4(6)7/h3,5H,2H2,1H3. The molecule has 0 aromatic carbocycles. The van der Waals surface area contributed by atoms with E-state index in [0.717, 1.165) is 0 Å². The van der Waals surface area contributed by atoms with Crippen LogP contribution >= 0.6 is 0 Å². The van der Waals surface area contributed by atoms with Crippen LogP contribution in [0.3, 0.4) is 0 Å². The summed E-state index contributed by atoms with van der Waals surface area (Å²) < 4.78 is -0.275. The molecule has 0 fully saturated rings. The van der Waals surface area contributed by atoms with E-state index in [9.17, 15) is 4.79 Å². The summed E-state index contributed by atoms with van der Waals surface area (Å²) >= 11 is 2.20. The van der Waals surface area contributed by atoms with Gasteiger partial charge in [0.1, 0.15) is 0 Å². The Kier molecular flexibility index (Phi) is 3.26. The molecule has 0 aliphatic rings. The minimum absolute atomic E-state index is 0.275. The first-order valence-electron chi connectivity index (χ1n) is 2.07. The number of aliphatic hydroxyl groups is 1. The van der Waals surface area contributed by atoms with E-state index in [1.165, 1.54) is 0 Å². The van der Waals surface area contributed by atoms with E-state index in [1.807, 2.05) is 0 Å². The van der Waals surface area contributed by atoms with Crippen molar-refractivity contribution in [3.63, 3.8) is 0 Å². The molecule has 0 aliphatic carbocycles. The van der Waals surface area contributed by atoms with Crippen molar-refractivity contribution in [3.05, 3.63) is 0 Å². The van der Waals surface area contributed by atoms with Gasteiger partial charge in [-0.1, -0.05) is 0 Å². The zero-order valence-electron chi connectivity index (χ0n) is 4.05. The molecule has 0 aromatic heterocycles. The predicted molar refractivity (Wildman–Crippen MR) is 27.1 cm³/mol. The van der Waals surface area contributed by atoms with Crippen molar-refractivity contribution in [1.82, 2.24) is 0 Å². The molecule has 1 N–H and O–H groups in total. The van der Waals surface area contributed by atoms with Crippen LogP contribution in [0.25, 0.3) is 0 Å². The van der Waals surface area contributed by atoms with Crippen LogP contribution in [-0.2, 0) is 4.79 Å². The van der Waals surface area contributed by atoms with Crippen LogP contribution in [0.2, 0.25) is 0 Å². The van der Waals surface area contributed by atoms with Crippen LogP contribution in [-0.4, -0.2) is 31.9 Å². The number of carbonyl (C=O) groups is 1. The third-order valence-electron chi connectivity index (χ3n) is 0.659. The van der Waals surface area contributed by atoms with Gasteiger partial charge in [-0.2, -0.15) is 0 Å². The normalized spacial score (nSPS) is 13.4. The van der Waals surface area contributed by atoms with Gasteiger partial charge in [0.2, 0.25) is 0 Å². The molecule has 0 bridgehead atoms. The van der Waals surface area contributed by atoms with E-state index in [0.29, 0.717) is 6.42 Å². The first-order chi connectivity index (χ1) is 3.18. The first kappa shape index (κ1) is 7.15. The fourth-order valence-corrected chi connectivity index (χ4v) is 0.516. The molecule has 1 radical (unpaired) electrons. The molecule has 0 spiro atoms. The summed E-state index contributed by atoms with van der Waals surface area (Å²) in [6.07, 6.45) is -0.300. The number of carbonyl (C=O) groups excluding carboxylic acids is 1. The topological polar surface area (TPSA) is 37.3 Å². The maximum absolute atomic E-state index is 10.1. The van der Waals surface area contributed by atoms with Crippen LogP contribution < -0.4 is 0 Å². The van der Waals surface area contributed by atoms with E-state index in [4.69, 9.17) is 5.11 Å². The first-order valence-corrected chi connectivity index (χ1v) is 2.93. The van der Waals surface area contributed by atoms with Gasteiger partial charge in [0.15, 0.2) is 0 Å². The maximum atomic E-state index is 10.1. The third kappa shape index (κ3) is 2.80. The SMILES string of the molecule is CCC(O)C(=O)[Se]. The molecule has 0 aromatic rings. The van der Waals surface area contributed by atoms with Gasteiger partial charge in [-0.15, -0.1) is 0 Å². The van der Waals surface area contributed by atoms with Gasteiger partial charge in [0, 0.05) is 0 Å². The number of rotatable bonds is 2. The molecule has 1 atom stereocenters. The molecule has 0 heterocycles. The van der Waals surface area contributed by atoms with Gasteiger partial charge in [-0.05, 0) is 0 Å². The Bertz CT molecular complexity index is 72.1. The van der Waals surface area contributed by atoms with Crippen molar-refractivity contribution < 1.29 is 9.90 Å². The summed E-state index contributed by atoms with van der Waals surface area (Å²) in [6, 6.07) is 0. The molecular formula is C4H7O2Se. The average Bonchev–Trinajstić information content (AvgIpc) is 1.65. The number of hydrogen-bond acceptors (Lipinski definition) is 2. The Morgan fingerprint density at radius 2 is 2.43 bits per heavy atom. The molecule has 3 heteroatoms. The molecule has 0 saturated carbocycles. The van der Waals surface area contributed by atoms with Gasteiger partial charge in [-0.25, -0.2) is 0 Å². The van der Waals surface area contributed by atoms with Gasteiger partial charge >= 0.3 is 50.0 Å². The van der Waals surface area contributed by atoms with Crippen molar-refractivity contribution in [1.29, 1.82) is 0 Å². The molecule has 0 saturated heterocycles. The summed E-state index contributed by atoms with van der Waals surface area (Å²) in [7, 11) is 0. The van der Waals surface area contributed by atoms with Crippen molar-refractivity contribution in [3.8, 4) is 0 Å². The Balaban J connectivity index is 3.34. The van der Waals surface area contributed by atoms with Crippen molar-refractivity contribution in [2.75, 3.05) is 0 Å². The molecule has 41 valence electrons. The van der Waals surface area contributed by atoms with E-state index >= 15 is 0 Å². The molecule has 7 heavy (non-hydrogen) atoms. The molecule has 1 unspecified atom stereocenters. The number of hydrogen-bond donors (Lipinski definition) is 1. The van der Waals surface area contributed by atoms with Crippen LogP contribution in [0.15, 0.2) is 0 Å². The summed E-state index contributed by atoms with van der Waals surface area (Å²) in [5.41, 5.74) is 0. The summed E-state index contributed by atoms with van der Waals surface area (Å²) in [6.45, 7) is 1.75. The van der Waals surface area contributed by atoms with Gasteiger partial charge < -0.3 is 0 Å². The second-order valence-electron chi connectivity index (χ2n) is 1.24. The van der Waals surface area contributed by atoms with E-state index in [-0.39, 0.29) is 4.68 Å². The summed E-state index contributed by atoms with van der Waals surface area (Å²) in [4.78, 5) is 10.1. The van der Waals surface area contributed by atoms with Crippen LogP contribution in [0.4, 0.5) is 0 Å².